The molecule has 0 saturated carbocycles. The Labute approximate surface area is 122 Å². The highest BCUT2D eigenvalue weighted by Gasteiger charge is 2.15. The van der Waals surface area contributed by atoms with Crippen LogP contribution in [0, 0.1) is 6.92 Å². The number of nitrogens with one attached hydrogen (secondary N) is 2. The Balaban J connectivity index is 2.15. The summed E-state index contributed by atoms with van der Waals surface area (Å²) >= 11 is 0. The largest absolute Gasteiger partial charge is 0.380 e. The lowest BCUT2D eigenvalue weighted by atomic mass is 10.1. The molecule has 1 unspecified atom stereocenters. The van der Waals surface area contributed by atoms with Gasteiger partial charge in [0.25, 0.3) is 0 Å². The van der Waals surface area contributed by atoms with Crippen molar-refractivity contribution in [3.8, 4) is 11.4 Å². The maximum absolute atomic E-state index is 12.0. The van der Waals surface area contributed by atoms with Gasteiger partial charge in [-0.15, -0.1) is 0 Å². The number of benzene rings is 1. The first-order chi connectivity index (χ1) is 10.1. The minimum atomic E-state index is -0.289. The number of hydrogen-bond donors (Lipinski definition) is 3. The number of anilines is 1. The van der Waals surface area contributed by atoms with Crippen LogP contribution in [0.1, 0.15) is 12.2 Å². The number of ether oxygens (including phenoxy) is 1. The number of methoxy groups -OCH3 is 1. The Morgan fingerprint density at radius 1 is 1.48 bits per heavy atom. The van der Waals surface area contributed by atoms with E-state index < -0.39 is 0 Å². The van der Waals surface area contributed by atoms with Crippen molar-refractivity contribution < 1.29 is 9.53 Å². The third-order valence-corrected chi connectivity index (χ3v) is 3.05. The highest BCUT2D eigenvalue weighted by Crippen LogP contribution is 2.24. The van der Waals surface area contributed by atoms with Crippen molar-refractivity contribution in [1.82, 2.24) is 15.2 Å². The fraction of sp³-hybridized carbons (Fsp3) is 0.357. The molecule has 1 atom stereocenters. The average Bonchev–Trinajstić information content (AvgIpc) is 2.91. The molecule has 2 aromatic rings. The molecule has 0 aliphatic heterocycles. The topological polar surface area (TPSA) is 106 Å². The van der Waals surface area contributed by atoms with Gasteiger partial charge in [0.05, 0.1) is 18.2 Å². The van der Waals surface area contributed by atoms with Crippen LogP contribution in [-0.4, -0.2) is 40.8 Å². The van der Waals surface area contributed by atoms with E-state index in [0.29, 0.717) is 23.9 Å². The van der Waals surface area contributed by atoms with Crippen LogP contribution in [0.3, 0.4) is 0 Å². The summed E-state index contributed by atoms with van der Waals surface area (Å²) in [6.45, 7) is 2.12. The van der Waals surface area contributed by atoms with Crippen molar-refractivity contribution in [2.45, 2.75) is 19.4 Å². The summed E-state index contributed by atoms with van der Waals surface area (Å²) < 4.78 is 5.11. The second kappa shape index (κ2) is 6.96. The van der Waals surface area contributed by atoms with Crippen LogP contribution in [0.2, 0.25) is 0 Å². The number of amides is 1. The first kappa shape index (κ1) is 15.1. The number of carbonyl (C=O) groups is 1. The zero-order valence-corrected chi connectivity index (χ0v) is 12.1. The SMILES string of the molecule is COC(CN)CC(=O)Nc1ccccc1-c1n[nH]c(C)n1. The number of carbonyl (C=O) groups excluding carboxylic acids is 1. The summed E-state index contributed by atoms with van der Waals surface area (Å²) in [5.41, 5.74) is 6.94. The molecular formula is C14H19N5O2. The van der Waals surface area contributed by atoms with E-state index in [1.54, 1.807) is 0 Å². The monoisotopic (exact) mass is 289 g/mol. The van der Waals surface area contributed by atoms with Crippen molar-refractivity contribution in [2.75, 3.05) is 19.0 Å². The van der Waals surface area contributed by atoms with Crippen molar-refractivity contribution in [1.29, 1.82) is 0 Å². The maximum atomic E-state index is 12.0. The number of aromatic nitrogens is 3. The number of nitrogens with zero attached hydrogens (tertiary/aromatic N) is 2. The van der Waals surface area contributed by atoms with E-state index in [1.807, 2.05) is 31.2 Å². The van der Waals surface area contributed by atoms with E-state index in [9.17, 15) is 4.79 Å². The molecule has 2 rings (SSSR count). The second-order valence-corrected chi connectivity index (χ2v) is 4.64. The summed E-state index contributed by atoms with van der Waals surface area (Å²) in [5.74, 6) is 1.10. The summed E-state index contributed by atoms with van der Waals surface area (Å²) in [6, 6.07) is 7.38. The van der Waals surface area contributed by atoms with Crippen LogP contribution in [0.4, 0.5) is 5.69 Å². The Kier molecular flexibility index (Phi) is 5.02. The third-order valence-electron chi connectivity index (χ3n) is 3.05. The Bertz CT molecular complexity index is 607. The maximum Gasteiger partial charge on any atom is 0.227 e. The molecule has 0 saturated heterocycles. The standard InChI is InChI=1S/C14H19N5O2/c1-9-16-14(19-18-9)11-5-3-4-6-12(11)17-13(20)7-10(8-15)21-2/h3-6,10H,7-8,15H2,1-2H3,(H,17,20)(H,16,18,19). The minimum absolute atomic E-state index is 0.160. The molecule has 112 valence electrons. The normalized spacial score (nSPS) is 12.1. The van der Waals surface area contributed by atoms with Gasteiger partial charge in [-0.3, -0.25) is 9.89 Å². The fourth-order valence-corrected chi connectivity index (χ4v) is 1.92. The number of nitrogens with two attached hydrogens (primary N) is 1. The van der Waals surface area contributed by atoms with Gasteiger partial charge >= 0.3 is 0 Å². The Morgan fingerprint density at radius 2 is 2.24 bits per heavy atom. The molecule has 7 nitrogen and oxygen atoms in total. The number of H-pyrrole nitrogens is 1. The zero-order chi connectivity index (χ0) is 15.2. The predicted octanol–water partition coefficient (Wildman–Crippen LogP) is 1.08. The van der Waals surface area contributed by atoms with E-state index in [0.717, 1.165) is 5.56 Å². The van der Waals surface area contributed by atoms with Crippen molar-refractivity contribution in [3.63, 3.8) is 0 Å². The van der Waals surface area contributed by atoms with Crippen LogP contribution < -0.4 is 11.1 Å². The highest BCUT2D eigenvalue weighted by atomic mass is 16.5. The van der Waals surface area contributed by atoms with E-state index in [4.69, 9.17) is 10.5 Å². The summed E-state index contributed by atoms with van der Waals surface area (Å²) in [6.07, 6.45) is -0.0862. The van der Waals surface area contributed by atoms with Crippen LogP contribution in [0.15, 0.2) is 24.3 Å². The molecule has 4 N–H and O–H groups in total. The molecular weight excluding hydrogens is 270 g/mol. The third kappa shape index (κ3) is 3.87. The molecule has 0 bridgehead atoms. The van der Waals surface area contributed by atoms with Crippen LogP contribution >= 0.6 is 0 Å². The van der Waals surface area contributed by atoms with Gasteiger partial charge in [0.1, 0.15) is 5.82 Å². The molecule has 1 aromatic carbocycles. The summed E-state index contributed by atoms with van der Waals surface area (Å²) in [4.78, 5) is 16.3. The lowest BCUT2D eigenvalue weighted by Gasteiger charge is -2.13. The number of para-hydroxylation sites is 1. The molecule has 0 aliphatic carbocycles. The molecule has 1 amide bonds. The van der Waals surface area contributed by atoms with Gasteiger partial charge in [-0.1, -0.05) is 12.1 Å². The minimum Gasteiger partial charge on any atom is -0.380 e. The van der Waals surface area contributed by atoms with Gasteiger partial charge < -0.3 is 15.8 Å². The van der Waals surface area contributed by atoms with Crippen molar-refractivity contribution in [2.24, 2.45) is 5.73 Å². The van der Waals surface area contributed by atoms with Crippen LogP contribution in [0.25, 0.3) is 11.4 Å². The van der Waals surface area contributed by atoms with Gasteiger partial charge in [-0.2, -0.15) is 5.10 Å². The molecule has 1 aromatic heterocycles. The fourth-order valence-electron chi connectivity index (χ4n) is 1.92. The van der Waals surface area contributed by atoms with E-state index in [-0.39, 0.29) is 18.4 Å². The molecule has 0 radical (unpaired) electrons. The summed E-state index contributed by atoms with van der Waals surface area (Å²) in [5, 5.41) is 9.75. The first-order valence-corrected chi connectivity index (χ1v) is 6.65. The molecule has 0 spiro atoms. The van der Waals surface area contributed by atoms with Gasteiger partial charge in [-0.05, 0) is 19.1 Å². The first-order valence-electron chi connectivity index (χ1n) is 6.65. The molecule has 7 heteroatoms. The predicted molar refractivity (Wildman–Crippen MR) is 79.7 cm³/mol. The second-order valence-electron chi connectivity index (χ2n) is 4.64. The van der Waals surface area contributed by atoms with E-state index in [2.05, 4.69) is 20.5 Å². The molecule has 1 heterocycles. The van der Waals surface area contributed by atoms with Crippen molar-refractivity contribution in [3.05, 3.63) is 30.1 Å². The van der Waals surface area contributed by atoms with Crippen LogP contribution in [0.5, 0.6) is 0 Å². The van der Waals surface area contributed by atoms with Crippen LogP contribution in [-0.2, 0) is 9.53 Å². The number of rotatable bonds is 6. The van der Waals surface area contributed by atoms with Gasteiger partial charge in [0.15, 0.2) is 5.82 Å². The quantitative estimate of drug-likeness (QED) is 0.738. The zero-order valence-electron chi connectivity index (χ0n) is 12.1. The van der Waals surface area contributed by atoms with Gasteiger partial charge in [-0.25, -0.2) is 4.98 Å². The number of hydrogen-bond acceptors (Lipinski definition) is 5. The molecule has 21 heavy (non-hydrogen) atoms. The van der Waals surface area contributed by atoms with Gasteiger partial charge in [0, 0.05) is 19.2 Å². The molecule has 0 aliphatic rings. The Hall–Kier alpha value is -2.25. The lowest BCUT2D eigenvalue weighted by Crippen LogP contribution is -2.28. The number of aryl methyl sites for hydroxylation is 1. The molecule has 0 fully saturated rings. The van der Waals surface area contributed by atoms with E-state index >= 15 is 0 Å². The average molecular weight is 289 g/mol. The van der Waals surface area contributed by atoms with Gasteiger partial charge in [0.2, 0.25) is 5.91 Å². The highest BCUT2D eigenvalue weighted by molar-refractivity contribution is 5.94. The van der Waals surface area contributed by atoms with Crippen molar-refractivity contribution >= 4 is 11.6 Å². The summed E-state index contributed by atoms with van der Waals surface area (Å²) in [7, 11) is 1.54. The smallest absolute Gasteiger partial charge is 0.227 e. The lowest BCUT2D eigenvalue weighted by molar-refractivity contribution is -0.118. The Morgan fingerprint density at radius 3 is 2.86 bits per heavy atom. The van der Waals surface area contributed by atoms with E-state index in [1.165, 1.54) is 7.11 Å². The number of aromatic amines is 1.